The zero-order chi connectivity index (χ0) is 19.2. The van der Waals surface area contributed by atoms with Crippen LogP contribution in [0.2, 0.25) is 0 Å². The number of hydrogen-bond acceptors (Lipinski definition) is 4. The average Bonchev–Trinajstić information content (AvgIpc) is 2.67. The zero-order valence-corrected chi connectivity index (χ0v) is 15.3. The van der Waals surface area contributed by atoms with Crippen molar-refractivity contribution in [1.82, 2.24) is 10.2 Å². The number of halogens is 1. The number of carbonyl (C=O) groups excluding carboxylic acids is 1. The maximum atomic E-state index is 12.9. The van der Waals surface area contributed by atoms with Crippen LogP contribution < -0.4 is 10.6 Å². The molecule has 1 aromatic heterocycles. The number of carbonyl (C=O) groups is 1. The lowest BCUT2D eigenvalue weighted by atomic mass is 10.1. The third-order valence-electron chi connectivity index (χ3n) is 4.38. The fourth-order valence-corrected chi connectivity index (χ4v) is 2.61. The second kappa shape index (κ2) is 8.40. The lowest BCUT2D eigenvalue weighted by Crippen LogP contribution is -2.16. The number of aryl methyl sites for hydroxylation is 1. The van der Waals surface area contributed by atoms with Crippen LogP contribution in [-0.2, 0) is 6.42 Å². The Kier molecular flexibility index (Phi) is 5.76. The third-order valence-corrected chi connectivity index (χ3v) is 4.38. The van der Waals surface area contributed by atoms with Crippen LogP contribution in [0.1, 0.15) is 27.2 Å². The Labute approximate surface area is 157 Å². The van der Waals surface area contributed by atoms with Gasteiger partial charge in [-0.2, -0.15) is 0 Å². The molecule has 0 aliphatic carbocycles. The first-order valence-electron chi connectivity index (χ1n) is 8.72. The molecule has 0 unspecified atom stereocenters. The molecule has 0 aliphatic rings. The molecule has 2 aromatic carbocycles. The molecular formula is C21H21FN4O. The molecule has 1 heterocycles. The van der Waals surface area contributed by atoms with Gasteiger partial charge in [-0.3, -0.25) is 4.79 Å². The van der Waals surface area contributed by atoms with Gasteiger partial charge in [-0.25, -0.2) is 4.39 Å². The summed E-state index contributed by atoms with van der Waals surface area (Å²) in [6, 6.07) is 15.5. The van der Waals surface area contributed by atoms with Gasteiger partial charge in [0.05, 0.1) is 0 Å². The monoisotopic (exact) mass is 364 g/mol. The van der Waals surface area contributed by atoms with Crippen LogP contribution in [0.15, 0.2) is 54.6 Å². The van der Waals surface area contributed by atoms with E-state index in [1.54, 1.807) is 24.3 Å². The standard InChI is InChI=1S/C21H21FN4O/c1-14-4-3-5-18(15(14)2)24-21(27)19-10-11-20(26-25-19)23-13-12-16-6-8-17(22)9-7-16/h3-11H,12-13H2,1-2H3,(H,23,26)(H,24,27). The van der Waals surface area contributed by atoms with Gasteiger partial charge in [0.25, 0.3) is 5.91 Å². The van der Waals surface area contributed by atoms with Crippen LogP contribution in [0.4, 0.5) is 15.9 Å². The van der Waals surface area contributed by atoms with Crippen molar-refractivity contribution in [2.45, 2.75) is 20.3 Å². The summed E-state index contributed by atoms with van der Waals surface area (Å²) in [4.78, 5) is 12.4. The largest absolute Gasteiger partial charge is 0.368 e. The number of rotatable bonds is 6. The Bertz CT molecular complexity index is 924. The highest BCUT2D eigenvalue weighted by Gasteiger charge is 2.10. The number of benzene rings is 2. The number of nitrogens with one attached hydrogen (secondary N) is 2. The van der Waals surface area contributed by atoms with Gasteiger partial charge in [-0.1, -0.05) is 24.3 Å². The van der Waals surface area contributed by atoms with Gasteiger partial charge in [0.2, 0.25) is 0 Å². The van der Waals surface area contributed by atoms with Crippen molar-refractivity contribution in [2.75, 3.05) is 17.2 Å². The Morgan fingerprint density at radius 1 is 1.00 bits per heavy atom. The summed E-state index contributed by atoms with van der Waals surface area (Å²) in [7, 11) is 0. The van der Waals surface area contributed by atoms with Crippen molar-refractivity contribution in [2.24, 2.45) is 0 Å². The van der Waals surface area contributed by atoms with Crippen molar-refractivity contribution in [1.29, 1.82) is 0 Å². The first-order chi connectivity index (χ1) is 13.0. The first kappa shape index (κ1) is 18.5. The molecule has 0 fully saturated rings. The predicted octanol–water partition coefficient (Wildman–Crippen LogP) is 4.14. The topological polar surface area (TPSA) is 66.9 Å². The van der Waals surface area contributed by atoms with E-state index in [9.17, 15) is 9.18 Å². The van der Waals surface area contributed by atoms with Crippen LogP contribution in [-0.4, -0.2) is 22.6 Å². The van der Waals surface area contributed by atoms with Crippen LogP contribution in [0, 0.1) is 19.7 Å². The van der Waals surface area contributed by atoms with E-state index in [-0.39, 0.29) is 17.4 Å². The molecule has 0 atom stereocenters. The second-order valence-corrected chi connectivity index (χ2v) is 6.31. The molecule has 0 radical (unpaired) electrons. The molecule has 138 valence electrons. The highest BCUT2D eigenvalue weighted by atomic mass is 19.1. The van der Waals surface area contributed by atoms with E-state index in [4.69, 9.17) is 0 Å². The van der Waals surface area contributed by atoms with Gasteiger partial charge >= 0.3 is 0 Å². The number of anilines is 2. The zero-order valence-electron chi connectivity index (χ0n) is 15.3. The summed E-state index contributed by atoms with van der Waals surface area (Å²) in [6.07, 6.45) is 0.733. The molecule has 5 nitrogen and oxygen atoms in total. The first-order valence-corrected chi connectivity index (χ1v) is 8.72. The van der Waals surface area contributed by atoms with E-state index in [1.165, 1.54) is 12.1 Å². The lowest BCUT2D eigenvalue weighted by molar-refractivity contribution is 0.102. The quantitative estimate of drug-likeness (QED) is 0.690. The Balaban J connectivity index is 1.55. The van der Waals surface area contributed by atoms with Gasteiger partial charge in [0, 0.05) is 12.2 Å². The Hall–Kier alpha value is -3.28. The SMILES string of the molecule is Cc1cccc(NC(=O)c2ccc(NCCc3ccc(F)cc3)nn2)c1C. The van der Waals surface area contributed by atoms with E-state index < -0.39 is 0 Å². The van der Waals surface area contributed by atoms with Gasteiger partial charge in [0.1, 0.15) is 11.6 Å². The minimum absolute atomic E-state index is 0.243. The van der Waals surface area contributed by atoms with Crippen LogP contribution >= 0.6 is 0 Å². The number of amides is 1. The molecule has 0 bridgehead atoms. The minimum Gasteiger partial charge on any atom is -0.368 e. The third kappa shape index (κ3) is 4.88. The summed E-state index contributed by atoms with van der Waals surface area (Å²) in [5.41, 5.74) is 4.18. The van der Waals surface area contributed by atoms with Gasteiger partial charge in [-0.15, -0.1) is 10.2 Å². The van der Waals surface area contributed by atoms with Crippen molar-refractivity contribution in [3.05, 3.63) is 82.8 Å². The molecule has 0 spiro atoms. The van der Waals surface area contributed by atoms with Gasteiger partial charge in [-0.05, 0) is 67.3 Å². The highest BCUT2D eigenvalue weighted by molar-refractivity contribution is 6.03. The smallest absolute Gasteiger partial charge is 0.276 e. The highest BCUT2D eigenvalue weighted by Crippen LogP contribution is 2.18. The fraction of sp³-hybridized carbons (Fsp3) is 0.190. The molecular weight excluding hydrogens is 343 g/mol. The molecule has 0 saturated heterocycles. The molecule has 0 saturated carbocycles. The summed E-state index contributed by atoms with van der Waals surface area (Å²) in [5.74, 6) is 0.0433. The number of hydrogen-bond donors (Lipinski definition) is 2. The lowest BCUT2D eigenvalue weighted by Gasteiger charge is -2.10. The summed E-state index contributed by atoms with van der Waals surface area (Å²) in [5, 5.41) is 14.0. The van der Waals surface area contributed by atoms with E-state index >= 15 is 0 Å². The van der Waals surface area contributed by atoms with Gasteiger partial charge in [0.15, 0.2) is 5.69 Å². The van der Waals surface area contributed by atoms with Crippen molar-refractivity contribution >= 4 is 17.4 Å². The molecule has 6 heteroatoms. The summed E-state index contributed by atoms with van der Waals surface area (Å²) >= 11 is 0. The minimum atomic E-state index is -0.297. The van der Waals surface area contributed by atoms with Crippen molar-refractivity contribution in [3.8, 4) is 0 Å². The van der Waals surface area contributed by atoms with Crippen molar-refractivity contribution in [3.63, 3.8) is 0 Å². The van der Waals surface area contributed by atoms with E-state index in [0.29, 0.717) is 12.4 Å². The van der Waals surface area contributed by atoms with E-state index in [1.807, 2.05) is 32.0 Å². The predicted molar refractivity (Wildman–Crippen MR) is 104 cm³/mol. The molecule has 3 aromatic rings. The Morgan fingerprint density at radius 3 is 2.48 bits per heavy atom. The average molecular weight is 364 g/mol. The van der Waals surface area contributed by atoms with Gasteiger partial charge < -0.3 is 10.6 Å². The maximum Gasteiger partial charge on any atom is 0.276 e. The summed E-state index contributed by atoms with van der Waals surface area (Å²) in [6.45, 7) is 4.59. The van der Waals surface area contributed by atoms with Crippen LogP contribution in [0.3, 0.4) is 0 Å². The molecule has 2 N–H and O–H groups in total. The second-order valence-electron chi connectivity index (χ2n) is 6.31. The Morgan fingerprint density at radius 2 is 1.78 bits per heavy atom. The van der Waals surface area contributed by atoms with Crippen LogP contribution in [0.25, 0.3) is 0 Å². The van der Waals surface area contributed by atoms with E-state index in [2.05, 4.69) is 20.8 Å². The van der Waals surface area contributed by atoms with E-state index in [0.717, 1.165) is 28.8 Å². The number of aromatic nitrogens is 2. The van der Waals surface area contributed by atoms with Crippen molar-refractivity contribution < 1.29 is 9.18 Å². The molecule has 27 heavy (non-hydrogen) atoms. The van der Waals surface area contributed by atoms with Crippen LogP contribution in [0.5, 0.6) is 0 Å². The molecule has 3 rings (SSSR count). The molecule has 0 aliphatic heterocycles. The molecule has 1 amide bonds. The fourth-order valence-electron chi connectivity index (χ4n) is 2.61. The normalized spacial score (nSPS) is 10.5. The number of nitrogens with zero attached hydrogens (tertiary/aromatic N) is 2. The maximum absolute atomic E-state index is 12.9. The summed E-state index contributed by atoms with van der Waals surface area (Å²) < 4.78 is 12.9.